The second-order valence-corrected chi connectivity index (χ2v) is 3.09. The Kier molecular flexibility index (Phi) is 1.55. The van der Waals surface area contributed by atoms with Crippen LogP contribution in [0.4, 0.5) is 4.79 Å². The summed E-state index contributed by atoms with van der Waals surface area (Å²) in [6.45, 7) is 0. The molecule has 0 bridgehead atoms. The first-order valence-corrected chi connectivity index (χ1v) is 3.97. The second-order valence-electron chi connectivity index (χ2n) is 3.09. The molecule has 0 radical (unpaired) electrons. The lowest BCUT2D eigenvalue weighted by Crippen LogP contribution is -2.38. The molecule has 0 unspecified atom stereocenters. The molecule has 0 atom stereocenters. The summed E-state index contributed by atoms with van der Waals surface area (Å²) in [4.78, 5) is 15.1. The summed E-state index contributed by atoms with van der Waals surface area (Å²) < 4.78 is 1.32. The molecule has 5 nitrogen and oxygen atoms in total. The van der Waals surface area contributed by atoms with Crippen LogP contribution >= 0.6 is 0 Å². The molecule has 1 N–H and O–H groups in total. The molecular weight excluding hydrogens is 168 g/mol. The highest BCUT2D eigenvalue weighted by molar-refractivity contribution is 5.78. The molecule has 1 amide bonds. The second kappa shape index (κ2) is 2.59. The average molecular weight is 176 g/mol. The van der Waals surface area contributed by atoms with Crippen molar-refractivity contribution >= 4 is 6.03 Å². The first-order valence-electron chi connectivity index (χ1n) is 3.97. The maximum absolute atomic E-state index is 11.4. The van der Waals surface area contributed by atoms with Crippen LogP contribution in [0.15, 0.2) is 18.7 Å². The molecule has 2 rings (SSSR count). The SMILES string of the molecule is N#CC1(NC(=O)n2ccnc2)CC1. The number of nitrogens with one attached hydrogen (secondary N) is 1. The minimum absolute atomic E-state index is 0.295. The van der Waals surface area contributed by atoms with Gasteiger partial charge in [-0.15, -0.1) is 0 Å². The summed E-state index contributed by atoms with van der Waals surface area (Å²) in [5.74, 6) is 0. The van der Waals surface area contributed by atoms with Crippen LogP contribution in [0.25, 0.3) is 0 Å². The lowest BCUT2D eigenvalue weighted by molar-refractivity contribution is 0.240. The molecular formula is C8H8N4O. The minimum atomic E-state index is -0.610. The molecule has 13 heavy (non-hydrogen) atoms. The summed E-state index contributed by atoms with van der Waals surface area (Å²) in [6.07, 6.45) is 5.95. The Morgan fingerprint density at radius 3 is 2.92 bits per heavy atom. The quantitative estimate of drug-likeness (QED) is 0.677. The van der Waals surface area contributed by atoms with Crippen molar-refractivity contribution in [2.24, 2.45) is 0 Å². The highest BCUT2D eigenvalue weighted by Gasteiger charge is 2.44. The fourth-order valence-electron chi connectivity index (χ4n) is 1.04. The lowest BCUT2D eigenvalue weighted by atomic mass is 10.3. The van der Waals surface area contributed by atoms with Crippen molar-refractivity contribution in [3.8, 4) is 6.07 Å². The van der Waals surface area contributed by atoms with Gasteiger partial charge >= 0.3 is 6.03 Å². The Bertz CT molecular complexity index is 358. The Morgan fingerprint density at radius 1 is 1.69 bits per heavy atom. The molecule has 0 saturated heterocycles. The van der Waals surface area contributed by atoms with Gasteiger partial charge in [-0.25, -0.2) is 9.78 Å². The van der Waals surface area contributed by atoms with E-state index >= 15 is 0 Å². The van der Waals surface area contributed by atoms with Gasteiger partial charge in [0.1, 0.15) is 11.9 Å². The number of rotatable bonds is 1. The van der Waals surface area contributed by atoms with Gasteiger partial charge in [0.05, 0.1) is 6.07 Å². The fourth-order valence-corrected chi connectivity index (χ4v) is 1.04. The van der Waals surface area contributed by atoms with Gasteiger partial charge in [0.25, 0.3) is 0 Å². The van der Waals surface area contributed by atoms with Gasteiger partial charge in [0, 0.05) is 12.4 Å². The summed E-state index contributed by atoms with van der Waals surface area (Å²) in [5.41, 5.74) is -0.610. The van der Waals surface area contributed by atoms with Gasteiger partial charge in [0.2, 0.25) is 0 Å². The van der Waals surface area contributed by atoms with Gasteiger partial charge in [-0.1, -0.05) is 0 Å². The Morgan fingerprint density at radius 2 is 2.46 bits per heavy atom. The Balaban J connectivity index is 2.05. The number of imidazole rings is 1. The highest BCUT2D eigenvalue weighted by atomic mass is 16.2. The number of hydrogen-bond donors (Lipinski definition) is 1. The zero-order valence-corrected chi connectivity index (χ0v) is 6.90. The third-order valence-corrected chi connectivity index (χ3v) is 2.05. The van der Waals surface area contributed by atoms with E-state index in [1.807, 2.05) is 0 Å². The van der Waals surface area contributed by atoms with Crippen molar-refractivity contribution < 1.29 is 4.79 Å². The van der Waals surface area contributed by atoms with E-state index in [2.05, 4.69) is 16.4 Å². The first kappa shape index (κ1) is 7.80. The minimum Gasteiger partial charge on any atom is -0.319 e. The standard InChI is InChI=1S/C8H8N4O/c9-5-8(1-2-8)11-7(13)12-4-3-10-6-12/h3-4,6H,1-2H2,(H,11,13). The van der Waals surface area contributed by atoms with Crippen LogP contribution in [0, 0.1) is 11.3 Å². The normalized spacial score (nSPS) is 17.5. The molecule has 0 spiro atoms. The topological polar surface area (TPSA) is 70.7 Å². The number of nitrogens with zero attached hydrogens (tertiary/aromatic N) is 3. The third-order valence-electron chi connectivity index (χ3n) is 2.05. The van der Waals surface area contributed by atoms with Crippen molar-refractivity contribution in [1.82, 2.24) is 14.9 Å². The predicted octanol–water partition coefficient (Wildman–Crippen LogP) is 0.497. The molecule has 5 heteroatoms. The van der Waals surface area contributed by atoms with E-state index in [-0.39, 0.29) is 6.03 Å². The van der Waals surface area contributed by atoms with Crippen molar-refractivity contribution in [3.05, 3.63) is 18.7 Å². The van der Waals surface area contributed by atoms with Gasteiger partial charge in [-0.2, -0.15) is 5.26 Å². The van der Waals surface area contributed by atoms with E-state index in [4.69, 9.17) is 5.26 Å². The lowest BCUT2D eigenvalue weighted by Gasteiger charge is -2.08. The number of aromatic nitrogens is 2. The van der Waals surface area contributed by atoms with E-state index in [1.54, 1.807) is 6.20 Å². The van der Waals surface area contributed by atoms with Crippen LogP contribution in [0.5, 0.6) is 0 Å². The Hall–Kier alpha value is -1.83. The van der Waals surface area contributed by atoms with E-state index in [0.717, 1.165) is 12.8 Å². The van der Waals surface area contributed by atoms with E-state index in [1.165, 1.54) is 17.1 Å². The van der Waals surface area contributed by atoms with Crippen LogP contribution in [-0.2, 0) is 0 Å². The van der Waals surface area contributed by atoms with Crippen LogP contribution in [0.1, 0.15) is 12.8 Å². The Labute approximate surface area is 75.0 Å². The number of amides is 1. The van der Waals surface area contributed by atoms with Crippen LogP contribution < -0.4 is 5.32 Å². The number of carbonyl (C=O) groups excluding carboxylic acids is 1. The predicted molar refractivity (Wildman–Crippen MR) is 43.7 cm³/mol. The summed E-state index contributed by atoms with van der Waals surface area (Å²) >= 11 is 0. The van der Waals surface area contributed by atoms with Crippen LogP contribution in [0.3, 0.4) is 0 Å². The van der Waals surface area contributed by atoms with Crippen molar-refractivity contribution in [1.29, 1.82) is 5.26 Å². The zero-order valence-electron chi connectivity index (χ0n) is 6.90. The van der Waals surface area contributed by atoms with Crippen LogP contribution in [-0.4, -0.2) is 21.1 Å². The van der Waals surface area contributed by atoms with E-state index < -0.39 is 5.54 Å². The molecule has 1 heterocycles. The van der Waals surface area contributed by atoms with Gasteiger partial charge in [0.15, 0.2) is 0 Å². The van der Waals surface area contributed by atoms with Gasteiger partial charge < -0.3 is 5.32 Å². The fraction of sp³-hybridized carbons (Fsp3) is 0.375. The number of nitriles is 1. The summed E-state index contributed by atoms with van der Waals surface area (Å²) in [7, 11) is 0. The van der Waals surface area contributed by atoms with Crippen molar-refractivity contribution in [2.75, 3.05) is 0 Å². The van der Waals surface area contributed by atoms with Gasteiger partial charge in [-0.05, 0) is 12.8 Å². The zero-order chi connectivity index (χ0) is 9.31. The molecule has 1 aromatic rings. The number of carbonyl (C=O) groups is 1. The van der Waals surface area contributed by atoms with Crippen molar-refractivity contribution in [3.63, 3.8) is 0 Å². The third kappa shape index (κ3) is 1.38. The smallest absolute Gasteiger partial charge is 0.319 e. The largest absolute Gasteiger partial charge is 0.328 e. The molecule has 66 valence electrons. The molecule has 0 aliphatic heterocycles. The number of hydrogen-bond acceptors (Lipinski definition) is 3. The molecule has 1 aliphatic carbocycles. The average Bonchev–Trinajstić information content (AvgIpc) is 2.69. The molecule has 1 aliphatic rings. The van der Waals surface area contributed by atoms with Crippen molar-refractivity contribution in [2.45, 2.75) is 18.4 Å². The summed E-state index contributed by atoms with van der Waals surface area (Å²) in [6, 6.07) is 1.78. The van der Waals surface area contributed by atoms with E-state index in [0.29, 0.717) is 0 Å². The molecule has 0 aromatic carbocycles. The molecule has 1 saturated carbocycles. The van der Waals surface area contributed by atoms with Crippen LogP contribution in [0.2, 0.25) is 0 Å². The summed E-state index contributed by atoms with van der Waals surface area (Å²) in [5, 5.41) is 11.4. The molecule has 1 fully saturated rings. The van der Waals surface area contributed by atoms with Gasteiger partial charge in [-0.3, -0.25) is 4.57 Å². The maximum Gasteiger partial charge on any atom is 0.328 e. The highest BCUT2D eigenvalue weighted by Crippen LogP contribution is 2.34. The monoisotopic (exact) mass is 176 g/mol. The molecule has 1 aromatic heterocycles. The maximum atomic E-state index is 11.4. The van der Waals surface area contributed by atoms with E-state index in [9.17, 15) is 4.79 Å². The first-order chi connectivity index (χ1) is 6.26.